The van der Waals surface area contributed by atoms with Crippen molar-refractivity contribution in [2.75, 3.05) is 13.2 Å². The average molecular weight is 328 g/mol. The highest BCUT2D eigenvalue weighted by Gasteiger charge is 2.26. The number of ether oxygens (including phenoxy) is 1. The molecule has 120 valence electrons. The van der Waals surface area contributed by atoms with Gasteiger partial charge in [-0.25, -0.2) is 14.6 Å². The molecule has 4 rings (SSSR count). The van der Waals surface area contributed by atoms with E-state index in [1.165, 1.54) is 4.70 Å². The molecule has 0 aliphatic carbocycles. The monoisotopic (exact) mass is 328 g/mol. The molecule has 1 aliphatic heterocycles. The highest BCUT2D eigenvalue weighted by molar-refractivity contribution is 7.18. The number of fused-ring (bicyclic) bond motifs is 1. The Kier molecular flexibility index (Phi) is 3.66. The van der Waals surface area contributed by atoms with E-state index in [9.17, 15) is 0 Å². The Morgan fingerprint density at radius 1 is 1.30 bits per heavy atom. The molecular formula is C17H20N4OS. The first-order chi connectivity index (χ1) is 11.1. The molecule has 0 saturated carbocycles. The van der Waals surface area contributed by atoms with Crippen molar-refractivity contribution in [2.24, 2.45) is 0 Å². The minimum Gasteiger partial charge on any atom is -0.381 e. The van der Waals surface area contributed by atoms with E-state index < -0.39 is 0 Å². The van der Waals surface area contributed by atoms with Crippen molar-refractivity contribution >= 4 is 21.6 Å². The van der Waals surface area contributed by atoms with Gasteiger partial charge >= 0.3 is 0 Å². The zero-order valence-electron chi connectivity index (χ0n) is 13.6. The second-order valence-corrected chi connectivity index (χ2v) is 7.57. The lowest BCUT2D eigenvalue weighted by Gasteiger charge is -2.09. The Bertz CT molecular complexity index is 846. The van der Waals surface area contributed by atoms with Crippen molar-refractivity contribution in [1.29, 1.82) is 0 Å². The van der Waals surface area contributed by atoms with Crippen LogP contribution in [-0.4, -0.2) is 33.0 Å². The lowest BCUT2D eigenvalue weighted by molar-refractivity contribution is 0.193. The van der Waals surface area contributed by atoms with Crippen LogP contribution in [0.1, 0.15) is 48.8 Å². The summed E-state index contributed by atoms with van der Waals surface area (Å²) in [6.45, 7) is 7.84. The highest BCUT2D eigenvalue weighted by Crippen LogP contribution is 2.29. The van der Waals surface area contributed by atoms with Crippen LogP contribution in [0.3, 0.4) is 0 Å². The first kappa shape index (κ1) is 14.8. The molecular weight excluding hydrogens is 308 g/mol. The summed E-state index contributed by atoms with van der Waals surface area (Å²) in [7, 11) is 0. The van der Waals surface area contributed by atoms with Gasteiger partial charge in [-0.1, -0.05) is 13.8 Å². The molecule has 1 fully saturated rings. The van der Waals surface area contributed by atoms with Crippen LogP contribution in [0.15, 0.2) is 18.2 Å². The minimum atomic E-state index is 0.312. The molecule has 3 heterocycles. The van der Waals surface area contributed by atoms with Gasteiger partial charge in [-0.2, -0.15) is 5.10 Å². The summed E-state index contributed by atoms with van der Waals surface area (Å²) < 4.78 is 8.75. The van der Waals surface area contributed by atoms with E-state index in [0.717, 1.165) is 47.5 Å². The van der Waals surface area contributed by atoms with Crippen LogP contribution >= 0.6 is 11.3 Å². The molecule has 0 spiro atoms. The zero-order chi connectivity index (χ0) is 16.0. The smallest absolute Gasteiger partial charge is 0.153 e. The van der Waals surface area contributed by atoms with Crippen LogP contribution in [0.4, 0.5) is 0 Å². The van der Waals surface area contributed by atoms with Gasteiger partial charge in [-0.05, 0) is 31.5 Å². The molecule has 1 aromatic carbocycles. The number of thiazole rings is 1. The fraction of sp³-hybridized carbons (Fsp3) is 0.471. The van der Waals surface area contributed by atoms with Gasteiger partial charge in [-0.15, -0.1) is 11.3 Å². The van der Waals surface area contributed by atoms with Gasteiger partial charge in [0.1, 0.15) is 5.82 Å². The van der Waals surface area contributed by atoms with Gasteiger partial charge in [0.25, 0.3) is 0 Å². The number of hydrogen-bond donors (Lipinski definition) is 0. The van der Waals surface area contributed by atoms with Gasteiger partial charge in [-0.3, -0.25) is 0 Å². The van der Waals surface area contributed by atoms with E-state index >= 15 is 0 Å². The number of nitrogens with zero attached hydrogens (tertiary/aromatic N) is 4. The molecule has 6 heteroatoms. The Morgan fingerprint density at radius 3 is 2.91 bits per heavy atom. The van der Waals surface area contributed by atoms with Gasteiger partial charge < -0.3 is 4.74 Å². The summed E-state index contributed by atoms with van der Waals surface area (Å²) in [5.41, 5.74) is 2.11. The van der Waals surface area contributed by atoms with E-state index in [0.29, 0.717) is 11.8 Å². The third kappa shape index (κ3) is 2.66. The predicted molar refractivity (Wildman–Crippen MR) is 91.5 cm³/mol. The van der Waals surface area contributed by atoms with Crippen LogP contribution in [0.5, 0.6) is 0 Å². The predicted octanol–water partition coefficient (Wildman–Crippen LogP) is 3.81. The lowest BCUT2D eigenvalue weighted by atomic mass is 10.1. The Hall–Kier alpha value is -1.79. The molecule has 5 nitrogen and oxygen atoms in total. The number of aryl methyl sites for hydroxylation is 1. The van der Waals surface area contributed by atoms with Crippen molar-refractivity contribution in [1.82, 2.24) is 19.7 Å². The maximum absolute atomic E-state index is 5.56. The molecule has 0 amide bonds. The van der Waals surface area contributed by atoms with E-state index in [-0.39, 0.29) is 0 Å². The standard InChI is InChI=1S/C17H20N4OS/c1-10(2)16-19-17(12-6-7-22-9-12)21(20-16)13-4-5-14-15(8-13)23-11(3)18-14/h4-5,8,10,12H,6-7,9H2,1-3H3/t12-/m0/s1. The summed E-state index contributed by atoms with van der Waals surface area (Å²) in [5.74, 6) is 2.56. The number of rotatable bonds is 3. The molecule has 1 aliphatic rings. The van der Waals surface area contributed by atoms with E-state index in [4.69, 9.17) is 14.8 Å². The fourth-order valence-corrected chi connectivity index (χ4v) is 3.80. The molecule has 1 atom stereocenters. The zero-order valence-corrected chi connectivity index (χ0v) is 14.4. The molecule has 0 radical (unpaired) electrons. The SMILES string of the molecule is Cc1nc2ccc(-n3nc(C(C)C)nc3[C@H]3CCOC3)cc2s1. The maximum Gasteiger partial charge on any atom is 0.153 e. The minimum absolute atomic E-state index is 0.312. The lowest BCUT2D eigenvalue weighted by Crippen LogP contribution is -2.09. The number of benzene rings is 1. The third-order valence-electron chi connectivity index (χ3n) is 4.18. The summed E-state index contributed by atoms with van der Waals surface area (Å²) >= 11 is 1.71. The van der Waals surface area contributed by atoms with Crippen LogP contribution in [0, 0.1) is 6.92 Å². The molecule has 3 aromatic rings. The fourth-order valence-electron chi connectivity index (χ4n) is 2.94. The number of hydrogen-bond acceptors (Lipinski definition) is 5. The van der Waals surface area contributed by atoms with Crippen molar-refractivity contribution < 1.29 is 4.74 Å². The van der Waals surface area contributed by atoms with Crippen molar-refractivity contribution in [3.8, 4) is 5.69 Å². The van der Waals surface area contributed by atoms with Crippen molar-refractivity contribution in [2.45, 2.75) is 39.0 Å². The first-order valence-corrected chi connectivity index (χ1v) is 8.85. The molecule has 2 aromatic heterocycles. The summed E-state index contributed by atoms with van der Waals surface area (Å²) in [4.78, 5) is 9.35. The summed E-state index contributed by atoms with van der Waals surface area (Å²) in [6, 6.07) is 6.32. The second kappa shape index (κ2) is 5.69. The third-order valence-corrected chi connectivity index (χ3v) is 5.12. The Balaban J connectivity index is 1.84. The molecule has 23 heavy (non-hydrogen) atoms. The largest absolute Gasteiger partial charge is 0.381 e. The van der Waals surface area contributed by atoms with Crippen molar-refractivity contribution in [3.05, 3.63) is 34.9 Å². The normalized spacial score (nSPS) is 18.3. The first-order valence-electron chi connectivity index (χ1n) is 8.04. The van der Waals surface area contributed by atoms with E-state index in [1.54, 1.807) is 11.3 Å². The second-order valence-electron chi connectivity index (χ2n) is 6.34. The van der Waals surface area contributed by atoms with Crippen LogP contribution in [0.2, 0.25) is 0 Å². The number of aromatic nitrogens is 4. The summed E-state index contributed by atoms with van der Waals surface area (Å²) in [6.07, 6.45) is 1.01. The van der Waals surface area contributed by atoms with Crippen molar-refractivity contribution in [3.63, 3.8) is 0 Å². The van der Waals surface area contributed by atoms with Gasteiger partial charge in [0.15, 0.2) is 5.82 Å². The Labute approximate surface area is 139 Å². The van der Waals surface area contributed by atoms with E-state index in [2.05, 4.69) is 37.0 Å². The van der Waals surface area contributed by atoms with Gasteiger partial charge in [0.05, 0.1) is 27.5 Å². The molecule has 0 N–H and O–H groups in total. The quantitative estimate of drug-likeness (QED) is 0.733. The summed E-state index contributed by atoms with van der Waals surface area (Å²) in [5, 5.41) is 5.86. The van der Waals surface area contributed by atoms with Gasteiger partial charge in [0, 0.05) is 18.4 Å². The van der Waals surface area contributed by atoms with Crippen LogP contribution < -0.4 is 0 Å². The molecule has 0 unspecified atom stereocenters. The molecule has 1 saturated heterocycles. The maximum atomic E-state index is 5.56. The molecule has 0 bridgehead atoms. The van der Waals surface area contributed by atoms with E-state index in [1.807, 2.05) is 11.6 Å². The average Bonchev–Trinajstić information content (AvgIpc) is 3.24. The topological polar surface area (TPSA) is 52.8 Å². The van der Waals surface area contributed by atoms with Crippen LogP contribution in [-0.2, 0) is 4.74 Å². The Morgan fingerprint density at radius 2 is 2.17 bits per heavy atom. The van der Waals surface area contributed by atoms with Crippen LogP contribution in [0.25, 0.3) is 15.9 Å². The van der Waals surface area contributed by atoms with Gasteiger partial charge in [0.2, 0.25) is 0 Å². The highest BCUT2D eigenvalue weighted by atomic mass is 32.1.